The van der Waals surface area contributed by atoms with Gasteiger partial charge in [0.1, 0.15) is 0 Å². The molecule has 0 amide bonds. The first-order valence-electron chi connectivity index (χ1n) is 10.7. The number of carboxylic acid groups (broad SMARTS) is 2. The van der Waals surface area contributed by atoms with Crippen LogP contribution in [-0.4, -0.2) is 40.9 Å². The van der Waals surface area contributed by atoms with Crippen LogP contribution in [0.4, 0.5) is 0 Å². The Bertz CT molecular complexity index is 433. The number of hydrogen-bond acceptors (Lipinski definition) is 6. The van der Waals surface area contributed by atoms with Crippen molar-refractivity contribution in [3.63, 3.8) is 0 Å². The Morgan fingerprint density at radius 2 is 0.724 bits per heavy atom. The summed E-state index contributed by atoms with van der Waals surface area (Å²) in [5.74, 6) is -2.30. The zero-order chi connectivity index (χ0) is 21.7. The summed E-state index contributed by atoms with van der Waals surface area (Å²) in [6.07, 6.45) is 11.2. The van der Waals surface area contributed by atoms with Crippen molar-refractivity contribution in [1.82, 2.24) is 0 Å². The predicted molar refractivity (Wildman–Crippen MR) is 106 cm³/mol. The highest BCUT2D eigenvalue weighted by atomic mass is 16.7. The Morgan fingerprint density at radius 3 is 1.03 bits per heavy atom. The molecule has 0 aromatic rings. The second kappa shape index (κ2) is 19.2. The number of hydrogen-bond donors (Lipinski definition) is 2. The smallest absolute Gasteiger partial charge is 0.308 e. The van der Waals surface area contributed by atoms with Gasteiger partial charge < -0.3 is 19.7 Å². The van der Waals surface area contributed by atoms with Gasteiger partial charge in [0.25, 0.3) is 0 Å². The van der Waals surface area contributed by atoms with E-state index in [1.807, 2.05) is 0 Å². The molecule has 2 N–H and O–H groups in total. The second-order valence-corrected chi connectivity index (χ2v) is 7.18. The van der Waals surface area contributed by atoms with Crippen LogP contribution in [-0.2, 0) is 28.7 Å². The molecular formula is C21H36O8. The van der Waals surface area contributed by atoms with E-state index in [9.17, 15) is 19.2 Å². The van der Waals surface area contributed by atoms with Crippen LogP contribution in [0, 0.1) is 0 Å². The molecular weight excluding hydrogens is 380 g/mol. The molecule has 0 aliphatic carbocycles. The molecule has 0 rings (SSSR count). The van der Waals surface area contributed by atoms with Crippen molar-refractivity contribution in [2.24, 2.45) is 0 Å². The normalized spacial score (nSPS) is 10.5. The minimum Gasteiger partial charge on any atom is -0.481 e. The van der Waals surface area contributed by atoms with Gasteiger partial charge in [0, 0.05) is 25.7 Å². The summed E-state index contributed by atoms with van der Waals surface area (Å²) in [5.41, 5.74) is 0. The zero-order valence-electron chi connectivity index (χ0n) is 17.4. The number of carbonyl (C=O) groups is 4. The van der Waals surface area contributed by atoms with Gasteiger partial charge in [-0.25, -0.2) is 0 Å². The molecule has 0 unspecified atom stereocenters. The second-order valence-electron chi connectivity index (χ2n) is 7.18. The van der Waals surface area contributed by atoms with E-state index in [0.29, 0.717) is 25.7 Å². The van der Waals surface area contributed by atoms with Gasteiger partial charge in [-0.05, 0) is 25.7 Å². The van der Waals surface area contributed by atoms with Gasteiger partial charge in [0.15, 0.2) is 0 Å². The minimum atomic E-state index is -0.765. The molecule has 0 aromatic heterocycles. The Morgan fingerprint density at radius 1 is 0.448 bits per heavy atom. The van der Waals surface area contributed by atoms with Gasteiger partial charge in [-0.2, -0.15) is 0 Å². The predicted octanol–water partition coefficient (Wildman–Crippen LogP) is 4.44. The zero-order valence-corrected chi connectivity index (χ0v) is 17.4. The van der Waals surface area contributed by atoms with E-state index < -0.39 is 11.9 Å². The SMILES string of the molecule is O=C(O)CCCCCCCCC(=O)OCOC(=O)CCCCCCCCC(=O)O. The summed E-state index contributed by atoms with van der Waals surface area (Å²) < 4.78 is 9.76. The van der Waals surface area contributed by atoms with Crippen LogP contribution in [0.1, 0.15) is 103 Å². The average Bonchev–Trinajstić information content (AvgIpc) is 2.65. The fraction of sp³-hybridized carbons (Fsp3) is 0.810. The third-order valence-electron chi connectivity index (χ3n) is 4.48. The maximum atomic E-state index is 11.5. The lowest BCUT2D eigenvalue weighted by atomic mass is 10.1. The van der Waals surface area contributed by atoms with E-state index >= 15 is 0 Å². The highest BCUT2D eigenvalue weighted by molar-refractivity contribution is 5.71. The molecule has 0 atom stereocenters. The van der Waals surface area contributed by atoms with Crippen LogP contribution >= 0.6 is 0 Å². The lowest BCUT2D eigenvalue weighted by Crippen LogP contribution is -2.12. The van der Waals surface area contributed by atoms with Crippen LogP contribution in [0.2, 0.25) is 0 Å². The lowest BCUT2D eigenvalue weighted by Gasteiger charge is -2.06. The minimum absolute atomic E-state index is 0.208. The van der Waals surface area contributed by atoms with Gasteiger partial charge in [-0.15, -0.1) is 0 Å². The largest absolute Gasteiger partial charge is 0.481 e. The maximum Gasteiger partial charge on any atom is 0.308 e. The van der Waals surface area contributed by atoms with E-state index in [2.05, 4.69) is 0 Å². The summed E-state index contributed by atoms with van der Waals surface area (Å²) in [4.78, 5) is 43.8. The highest BCUT2D eigenvalue weighted by Crippen LogP contribution is 2.10. The number of esters is 2. The number of rotatable bonds is 20. The first-order chi connectivity index (χ1) is 13.9. The van der Waals surface area contributed by atoms with Crippen molar-refractivity contribution in [1.29, 1.82) is 0 Å². The van der Waals surface area contributed by atoms with Gasteiger partial charge in [0.05, 0.1) is 0 Å². The van der Waals surface area contributed by atoms with Crippen molar-refractivity contribution in [2.45, 2.75) is 103 Å². The van der Waals surface area contributed by atoms with Crippen molar-refractivity contribution in [3.8, 4) is 0 Å². The van der Waals surface area contributed by atoms with Crippen molar-refractivity contribution in [3.05, 3.63) is 0 Å². The van der Waals surface area contributed by atoms with Crippen molar-refractivity contribution >= 4 is 23.9 Å². The Balaban J connectivity index is 3.36. The molecule has 29 heavy (non-hydrogen) atoms. The molecule has 0 aromatic carbocycles. The van der Waals surface area contributed by atoms with Gasteiger partial charge in [-0.1, -0.05) is 51.4 Å². The standard InChI is InChI=1S/C21H36O8/c22-18(23)13-9-5-1-3-7-11-15-20(26)28-17-29-21(27)16-12-8-4-2-6-10-14-19(24)25/h1-17H2,(H,22,23)(H,24,25). The third-order valence-corrected chi connectivity index (χ3v) is 4.48. The molecule has 168 valence electrons. The summed E-state index contributed by atoms with van der Waals surface area (Å²) in [5, 5.41) is 17.1. The van der Waals surface area contributed by atoms with E-state index in [0.717, 1.165) is 51.4 Å². The Kier molecular flexibility index (Phi) is 17.8. The first-order valence-corrected chi connectivity index (χ1v) is 10.7. The summed E-state index contributed by atoms with van der Waals surface area (Å²) in [6.45, 7) is -0.345. The van der Waals surface area contributed by atoms with Crippen LogP contribution in [0.3, 0.4) is 0 Å². The number of aliphatic carboxylic acids is 2. The molecule has 0 heterocycles. The highest BCUT2D eigenvalue weighted by Gasteiger charge is 2.06. The summed E-state index contributed by atoms with van der Waals surface area (Å²) in [7, 11) is 0. The molecule has 0 bridgehead atoms. The van der Waals surface area contributed by atoms with Gasteiger partial charge in [-0.3, -0.25) is 19.2 Å². The quantitative estimate of drug-likeness (QED) is 0.169. The Labute approximate surface area is 172 Å². The molecule has 0 fully saturated rings. The molecule has 0 aliphatic rings. The van der Waals surface area contributed by atoms with Crippen LogP contribution in [0.25, 0.3) is 0 Å². The molecule has 0 aliphatic heterocycles. The Hall–Kier alpha value is -2.12. The number of carboxylic acids is 2. The fourth-order valence-corrected chi connectivity index (χ4v) is 2.81. The van der Waals surface area contributed by atoms with Crippen molar-refractivity contribution in [2.75, 3.05) is 6.79 Å². The summed E-state index contributed by atoms with van der Waals surface area (Å²) >= 11 is 0. The molecule has 8 heteroatoms. The molecule has 0 saturated carbocycles. The van der Waals surface area contributed by atoms with Crippen LogP contribution in [0.15, 0.2) is 0 Å². The monoisotopic (exact) mass is 416 g/mol. The number of unbranched alkanes of at least 4 members (excludes halogenated alkanes) is 10. The molecule has 0 saturated heterocycles. The van der Waals surface area contributed by atoms with Gasteiger partial charge >= 0.3 is 23.9 Å². The molecule has 0 radical (unpaired) electrons. The third kappa shape index (κ3) is 22.0. The van der Waals surface area contributed by atoms with E-state index in [4.69, 9.17) is 19.7 Å². The topological polar surface area (TPSA) is 127 Å². The average molecular weight is 417 g/mol. The van der Waals surface area contributed by atoms with Crippen LogP contribution in [0.5, 0.6) is 0 Å². The maximum absolute atomic E-state index is 11.5. The number of ether oxygens (including phenoxy) is 2. The fourth-order valence-electron chi connectivity index (χ4n) is 2.81. The lowest BCUT2D eigenvalue weighted by molar-refractivity contribution is -0.167. The first kappa shape index (κ1) is 26.9. The summed E-state index contributed by atoms with van der Waals surface area (Å²) in [6, 6.07) is 0. The number of carbonyl (C=O) groups excluding carboxylic acids is 2. The van der Waals surface area contributed by atoms with E-state index in [1.165, 1.54) is 0 Å². The van der Waals surface area contributed by atoms with Crippen LogP contribution < -0.4 is 0 Å². The van der Waals surface area contributed by atoms with E-state index in [1.54, 1.807) is 0 Å². The van der Waals surface area contributed by atoms with Crippen molar-refractivity contribution < 1.29 is 38.9 Å². The van der Waals surface area contributed by atoms with Gasteiger partial charge in [0.2, 0.25) is 6.79 Å². The van der Waals surface area contributed by atoms with E-state index in [-0.39, 0.29) is 44.4 Å². The molecule has 0 spiro atoms. The molecule has 8 nitrogen and oxygen atoms in total.